The highest BCUT2D eigenvalue weighted by Gasteiger charge is 2.48. The lowest BCUT2D eigenvalue weighted by molar-refractivity contribution is -0.119. The second-order valence-corrected chi connectivity index (χ2v) is 21.0. The van der Waals surface area contributed by atoms with E-state index in [4.69, 9.17) is 11.2 Å². The van der Waals surface area contributed by atoms with Gasteiger partial charge in [-0.25, -0.2) is 0 Å². The Balaban J connectivity index is 5.43. The zero-order valence-electron chi connectivity index (χ0n) is 12.2. The first kappa shape index (κ1) is 20.3. The van der Waals surface area contributed by atoms with Crippen molar-refractivity contribution in [3.8, 4) is 0 Å². The van der Waals surface area contributed by atoms with Crippen LogP contribution in [0.3, 0.4) is 0 Å². The summed E-state index contributed by atoms with van der Waals surface area (Å²) >= 11 is 6.01. The van der Waals surface area contributed by atoms with Crippen molar-refractivity contribution in [2.45, 2.75) is 50.4 Å². The van der Waals surface area contributed by atoms with Gasteiger partial charge in [0.2, 0.25) is 0 Å². The minimum absolute atomic E-state index is 0.233. The zero-order chi connectivity index (χ0) is 16.5. The maximum Gasteiger partial charge on any atom is 0.454 e. The van der Waals surface area contributed by atoms with Crippen molar-refractivity contribution in [3.63, 3.8) is 0 Å². The molecule has 0 radical (unpaired) electrons. The van der Waals surface area contributed by atoms with Crippen LogP contribution in [0.15, 0.2) is 11.8 Å². The van der Waals surface area contributed by atoms with Gasteiger partial charge in [0.15, 0.2) is 7.50 Å². The van der Waals surface area contributed by atoms with Crippen LogP contribution < -0.4 is 0 Å². The molecule has 0 aromatic heterocycles. The van der Waals surface area contributed by atoms with Crippen molar-refractivity contribution < 1.29 is 26.5 Å². The maximum atomic E-state index is 12.5. The Hall–Kier alpha value is 0.344. The third kappa shape index (κ3) is 5.99. The summed E-state index contributed by atoms with van der Waals surface area (Å²) in [6, 6.07) is 0. The fourth-order valence-corrected chi connectivity index (χ4v) is 23.8. The van der Waals surface area contributed by atoms with Gasteiger partial charge in [-0.3, -0.25) is 0 Å². The Kier molecular flexibility index (Phi) is 6.74. The fraction of sp³-hybridized carbons (Fsp3) is 0.800. The Bertz CT molecular complexity index is 357. The predicted octanol–water partition coefficient (Wildman–Crippen LogP) is 6.35. The summed E-state index contributed by atoms with van der Waals surface area (Å²) in [6.45, 7) is 11.7. The summed E-state index contributed by atoms with van der Waals surface area (Å²) in [6.07, 6.45) is -8.10. The van der Waals surface area contributed by atoms with Gasteiger partial charge in [0.1, 0.15) is 0 Å². The molecule has 1 nitrogen and oxygen atoms in total. The Morgan fingerprint density at radius 2 is 1.35 bits per heavy atom. The van der Waals surface area contributed by atoms with Crippen LogP contribution in [-0.4, -0.2) is 27.2 Å². The predicted molar refractivity (Wildman–Crippen MR) is 79.6 cm³/mol. The molecule has 0 aromatic carbocycles. The number of alkyl halides is 3. The molecule has 0 aliphatic carbocycles. The Morgan fingerprint density at radius 1 is 1.00 bits per heavy atom. The smallest absolute Gasteiger partial charge is 0.448 e. The summed E-state index contributed by atoms with van der Waals surface area (Å²) in [5, 5.41) is 0. The van der Waals surface area contributed by atoms with Crippen molar-refractivity contribution in [2.24, 2.45) is 0 Å². The van der Waals surface area contributed by atoms with Gasteiger partial charge in [0.05, 0.1) is 16.1 Å². The van der Waals surface area contributed by atoms with E-state index < -0.39 is 41.7 Å². The van der Waals surface area contributed by atoms with E-state index in [-0.39, 0.29) is 4.91 Å². The molecule has 0 saturated carbocycles. The quantitative estimate of drug-likeness (QED) is 0.236. The number of hydrogen-bond acceptors (Lipinski definition) is 1. The van der Waals surface area contributed by atoms with Gasteiger partial charge in [-0.05, 0) is 0 Å². The SMILES string of the molecule is C[Si](C)(C)C(P(Cl)OC(=C(F)F)C(F)(F)F)[Si](C)(C)C. The summed E-state index contributed by atoms with van der Waals surface area (Å²) < 4.78 is 66.8. The van der Waals surface area contributed by atoms with Gasteiger partial charge in [-0.2, -0.15) is 22.0 Å². The van der Waals surface area contributed by atoms with Crippen molar-refractivity contribution in [2.75, 3.05) is 0 Å². The first-order valence-electron chi connectivity index (χ1n) is 5.84. The van der Waals surface area contributed by atoms with Gasteiger partial charge in [-0.1, -0.05) is 50.5 Å². The molecule has 10 heteroatoms. The standard InChI is InChI=1S/C10H19ClF5OPSi2/c1-19(2,3)9(20(4,5)6)18(11)17-7(8(12)13)10(14,15)16/h9H,1-6H3. The van der Waals surface area contributed by atoms with E-state index in [1.54, 1.807) is 0 Å². The molecular formula is C10H19ClF5OPSi2. The van der Waals surface area contributed by atoms with Crippen molar-refractivity contribution in [3.05, 3.63) is 11.8 Å². The average molecular weight is 373 g/mol. The third-order valence-electron chi connectivity index (χ3n) is 2.45. The molecule has 0 amide bonds. The second-order valence-electron chi connectivity index (χ2n) is 6.59. The first-order valence-corrected chi connectivity index (χ1v) is 15.2. The van der Waals surface area contributed by atoms with Crippen LogP contribution in [0.1, 0.15) is 0 Å². The van der Waals surface area contributed by atoms with E-state index in [0.717, 1.165) is 0 Å². The number of halogens is 6. The third-order valence-corrected chi connectivity index (χ3v) is 19.5. The fourth-order valence-electron chi connectivity index (χ4n) is 2.24. The molecule has 0 fully saturated rings. The molecule has 0 rings (SSSR count). The van der Waals surface area contributed by atoms with Gasteiger partial charge in [-0.15, -0.1) is 0 Å². The lowest BCUT2D eigenvalue weighted by atomic mass is 10.5. The molecule has 1 unspecified atom stereocenters. The second kappa shape index (κ2) is 6.63. The van der Waals surface area contributed by atoms with Crippen LogP contribution in [-0.2, 0) is 4.52 Å². The molecule has 0 aliphatic heterocycles. The lowest BCUT2D eigenvalue weighted by Gasteiger charge is -2.40. The van der Waals surface area contributed by atoms with Crippen molar-refractivity contribution in [1.82, 2.24) is 0 Å². The van der Waals surface area contributed by atoms with Crippen LogP contribution in [0, 0.1) is 0 Å². The minimum Gasteiger partial charge on any atom is -0.448 e. The molecule has 20 heavy (non-hydrogen) atoms. The highest BCUT2D eigenvalue weighted by atomic mass is 35.7. The van der Waals surface area contributed by atoms with E-state index in [0.29, 0.717) is 0 Å². The molecule has 120 valence electrons. The van der Waals surface area contributed by atoms with Crippen LogP contribution in [0.5, 0.6) is 0 Å². The topological polar surface area (TPSA) is 9.23 Å². The Morgan fingerprint density at radius 3 is 1.55 bits per heavy atom. The van der Waals surface area contributed by atoms with Crippen LogP contribution in [0.4, 0.5) is 22.0 Å². The number of rotatable bonds is 5. The van der Waals surface area contributed by atoms with Gasteiger partial charge in [0.25, 0.3) is 5.76 Å². The van der Waals surface area contributed by atoms with E-state index in [2.05, 4.69) is 4.52 Å². The first-order chi connectivity index (χ1) is 8.58. The van der Waals surface area contributed by atoms with Crippen molar-refractivity contribution in [1.29, 1.82) is 0 Å². The average Bonchev–Trinajstić information content (AvgIpc) is 2.06. The normalized spacial score (nSPS) is 15.2. The van der Waals surface area contributed by atoms with Crippen LogP contribution in [0.25, 0.3) is 0 Å². The number of allylic oxidation sites excluding steroid dienone is 1. The monoisotopic (exact) mass is 372 g/mol. The maximum absolute atomic E-state index is 12.5. The number of hydrogen-bond donors (Lipinski definition) is 0. The van der Waals surface area contributed by atoms with Crippen LogP contribution in [0.2, 0.25) is 39.3 Å². The van der Waals surface area contributed by atoms with E-state index in [1.165, 1.54) is 0 Å². The molecule has 0 spiro atoms. The Labute approximate surface area is 124 Å². The summed E-state index contributed by atoms with van der Waals surface area (Å²) in [4.78, 5) is -0.233. The largest absolute Gasteiger partial charge is 0.454 e. The van der Waals surface area contributed by atoms with E-state index >= 15 is 0 Å². The van der Waals surface area contributed by atoms with Gasteiger partial charge in [0, 0.05) is 4.91 Å². The molecule has 0 bridgehead atoms. The lowest BCUT2D eigenvalue weighted by Crippen LogP contribution is -2.52. The molecule has 1 atom stereocenters. The van der Waals surface area contributed by atoms with Gasteiger partial charge >= 0.3 is 12.3 Å². The van der Waals surface area contributed by atoms with Gasteiger partial charge < -0.3 is 4.52 Å². The molecule has 0 N–H and O–H groups in total. The summed E-state index contributed by atoms with van der Waals surface area (Å²) in [7, 11) is -6.01. The molecular weight excluding hydrogens is 354 g/mol. The van der Waals surface area contributed by atoms with E-state index in [1.807, 2.05) is 39.3 Å². The molecule has 0 saturated heterocycles. The van der Waals surface area contributed by atoms with E-state index in [9.17, 15) is 22.0 Å². The van der Waals surface area contributed by atoms with Crippen LogP contribution >= 0.6 is 18.7 Å². The minimum atomic E-state index is -5.22. The highest BCUT2D eigenvalue weighted by Crippen LogP contribution is 2.57. The molecule has 0 aliphatic rings. The van der Waals surface area contributed by atoms with Crippen molar-refractivity contribution >= 4 is 34.9 Å². The summed E-state index contributed by atoms with van der Waals surface area (Å²) in [5.41, 5.74) is 0. The molecule has 0 aromatic rings. The molecule has 0 heterocycles. The summed E-state index contributed by atoms with van der Waals surface area (Å²) in [5.74, 6) is -2.25. The zero-order valence-corrected chi connectivity index (χ0v) is 15.9. The highest BCUT2D eigenvalue weighted by molar-refractivity contribution is 7.84.